The number of hydrogen-bond acceptors (Lipinski definition) is 2. The normalized spacial score (nSPS) is 19.6. The van der Waals surface area contributed by atoms with Crippen LogP contribution in [0.1, 0.15) is 11.8 Å². The molecule has 0 saturated carbocycles. The number of aliphatic hydroxyl groups excluding tert-OH is 1. The van der Waals surface area contributed by atoms with E-state index >= 15 is 0 Å². The van der Waals surface area contributed by atoms with Crippen LogP contribution >= 0.6 is 0 Å². The second kappa shape index (κ2) is 2.20. The zero-order chi connectivity index (χ0) is 8.84. The molecule has 3 nitrogen and oxygen atoms in total. The molecule has 0 saturated heterocycles. The minimum Gasteiger partial charge on any atom is -0.369 e. The Bertz CT molecular complexity index is 499. The average molecular weight is 172 g/mol. The van der Waals surface area contributed by atoms with E-state index in [1.54, 1.807) is 17.0 Å². The number of aromatic nitrogens is 2. The smallest absolute Gasteiger partial charge is 0.151 e. The largest absolute Gasteiger partial charge is 0.369 e. The molecule has 0 spiro atoms. The number of rotatable bonds is 0. The van der Waals surface area contributed by atoms with Gasteiger partial charge in [0.25, 0.3) is 0 Å². The maximum Gasteiger partial charge on any atom is 0.151 e. The van der Waals surface area contributed by atoms with Crippen molar-refractivity contribution < 1.29 is 5.11 Å². The molecule has 2 aromatic rings. The van der Waals surface area contributed by atoms with Gasteiger partial charge in [-0.05, 0) is 12.1 Å². The Kier molecular flexibility index (Phi) is 1.16. The van der Waals surface area contributed by atoms with Crippen LogP contribution in [0, 0.1) is 0 Å². The molecule has 2 heterocycles. The molecule has 3 rings (SSSR count). The minimum atomic E-state index is -0.570. The summed E-state index contributed by atoms with van der Waals surface area (Å²) in [7, 11) is 0. The molecule has 0 fully saturated rings. The van der Waals surface area contributed by atoms with Crippen LogP contribution in [0.2, 0.25) is 0 Å². The third-order valence-electron chi connectivity index (χ3n) is 2.36. The van der Waals surface area contributed by atoms with Crippen molar-refractivity contribution in [1.29, 1.82) is 0 Å². The number of hydrogen-bond donors (Lipinski definition) is 1. The van der Waals surface area contributed by atoms with Crippen molar-refractivity contribution in [2.24, 2.45) is 0 Å². The monoisotopic (exact) mass is 172 g/mol. The van der Waals surface area contributed by atoms with Gasteiger partial charge in [-0.1, -0.05) is 18.2 Å². The maximum atomic E-state index is 9.60. The Balaban J connectivity index is 2.51. The van der Waals surface area contributed by atoms with Gasteiger partial charge in [0, 0.05) is 5.56 Å². The predicted molar refractivity (Wildman–Crippen MR) is 50.0 cm³/mol. The standard InChI is InChI=1S/C10H8N2O/c13-9-5-4-7-2-1-3-8-10(7)12(9)6-11-8/h1-6,9,13H/t9-/m1/s1. The van der Waals surface area contributed by atoms with Crippen molar-refractivity contribution in [3.8, 4) is 0 Å². The van der Waals surface area contributed by atoms with E-state index in [1.807, 2.05) is 24.3 Å². The third-order valence-corrected chi connectivity index (χ3v) is 2.36. The highest BCUT2D eigenvalue weighted by atomic mass is 16.3. The summed E-state index contributed by atoms with van der Waals surface area (Å²) in [6.45, 7) is 0. The Morgan fingerprint density at radius 2 is 2.31 bits per heavy atom. The molecule has 13 heavy (non-hydrogen) atoms. The predicted octanol–water partition coefficient (Wildman–Crippen LogP) is 1.55. The Hall–Kier alpha value is -1.61. The van der Waals surface area contributed by atoms with Crippen LogP contribution in [-0.4, -0.2) is 14.7 Å². The van der Waals surface area contributed by atoms with Crippen LogP contribution < -0.4 is 0 Å². The van der Waals surface area contributed by atoms with E-state index in [1.165, 1.54) is 0 Å². The lowest BCUT2D eigenvalue weighted by Gasteiger charge is -2.14. The number of para-hydroxylation sites is 1. The van der Waals surface area contributed by atoms with Crippen LogP contribution in [0.5, 0.6) is 0 Å². The highest BCUT2D eigenvalue weighted by Crippen LogP contribution is 2.26. The van der Waals surface area contributed by atoms with Gasteiger partial charge in [-0.25, -0.2) is 4.98 Å². The Labute approximate surface area is 74.9 Å². The summed E-state index contributed by atoms with van der Waals surface area (Å²) in [4.78, 5) is 4.20. The molecule has 64 valence electrons. The summed E-state index contributed by atoms with van der Waals surface area (Å²) in [5.74, 6) is 0. The molecule has 1 atom stereocenters. The van der Waals surface area contributed by atoms with Crippen molar-refractivity contribution in [2.75, 3.05) is 0 Å². The first-order valence-electron chi connectivity index (χ1n) is 4.18. The van der Waals surface area contributed by atoms with E-state index in [-0.39, 0.29) is 0 Å². The molecular weight excluding hydrogens is 164 g/mol. The van der Waals surface area contributed by atoms with Gasteiger partial charge in [0.05, 0.1) is 17.4 Å². The van der Waals surface area contributed by atoms with E-state index in [0.29, 0.717) is 0 Å². The highest BCUT2D eigenvalue weighted by molar-refractivity contribution is 5.86. The Morgan fingerprint density at radius 3 is 3.23 bits per heavy atom. The molecule has 1 aliphatic heterocycles. The molecule has 1 N–H and O–H groups in total. The third kappa shape index (κ3) is 0.792. The summed E-state index contributed by atoms with van der Waals surface area (Å²) in [5, 5.41) is 9.60. The van der Waals surface area contributed by atoms with Gasteiger partial charge in [0.2, 0.25) is 0 Å². The van der Waals surface area contributed by atoms with Gasteiger partial charge >= 0.3 is 0 Å². The van der Waals surface area contributed by atoms with Crippen molar-refractivity contribution >= 4 is 17.1 Å². The molecule has 0 radical (unpaired) electrons. The zero-order valence-electron chi connectivity index (χ0n) is 6.88. The molecule has 1 aromatic heterocycles. The molecule has 0 aliphatic carbocycles. The SMILES string of the molecule is O[C@@H]1C=Cc2cccc3ncn1c23. The van der Waals surface area contributed by atoms with Gasteiger partial charge in [-0.3, -0.25) is 4.57 Å². The fraction of sp³-hybridized carbons (Fsp3) is 0.100. The van der Waals surface area contributed by atoms with E-state index in [4.69, 9.17) is 0 Å². The van der Waals surface area contributed by atoms with Crippen LogP contribution in [0.15, 0.2) is 30.6 Å². The number of nitrogens with zero attached hydrogens (tertiary/aromatic N) is 2. The number of benzene rings is 1. The summed E-state index contributed by atoms with van der Waals surface area (Å²) in [6.07, 6.45) is 4.78. The maximum absolute atomic E-state index is 9.60. The number of aliphatic hydroxyl groups is 1. The molecule has 0 unspecified atom stereocenters. The topological polar surface area (TPSA) is 38.1 Å². The summed E-state index contributed by atoms with van der Waals surface area (Å²) < 4.78 is 1.77. The first kappa shape index (κ1) is 6.86. The summed E-state index contributed by atoms with van der Waals surface area (Å²) >= 11 is 0. The van der Waals surface area contributed by atoms with Crippen molar-refractivity contribution in [3.05, 3.63) is 36.2 Å². The average Bonchev–Trinajstić information content (AvgIpc) is 2.57. The lowest BCUT2D eigenvalue weighted by molar-refractivity contribution is 0.158. The minimum absolute atomic E-state index is 0.570. The van der Waals surface area contributed by atoms with Crippen LogP contribution in [0.4, 0.5) is 0 Å². The quantitative estimate of drug-likeness (QED) is 0.654. The molecule has 1 aliphatic rings. The summed E-state index contributed by atoms with van der Waals surface area (Å²) in [5.41, 5.74) is 3.05. The fourth-order valence-electron chi connectivity index (χ4n) is 1.73. The van der Waals surface area contributed by atoms with Gasteiger partial charge < -0.3 is 5.11 Å². The van der Waals surface area contributed by atoms with E-state index in [9.17, 15) is 5.11 Å². The lowest BCUT2D eigenvalue weighted by Crippen LogP contribution is -2.07. The van der Waals surface area contributed by atoms with Gasteiger partial charge in [0.15, 0.2) is 6.23 Å². The van der Waals surface area contributed by atoms with Crippen LogP contribution in [-0.2, 0) is 0 Å². The van der Waals surface area contributed by atoms with Crippen LogP contribution in [0.3, 0.4) is 0 Å². The molecule has 3 heteroatoms. The van der Waals surface area contributed by atoms with E-state index in [2.05, 4.69) is 4.98 Å². The van der Waals surface area contributed by atoms with Crippen molar-refractivity contribution in [1.82, 2.24) is 9.55 Å². The van der Waals surface area contributed by atoms with E-state index in [0.717, 1.165) is 16.6 Å². The van der Waals surface area contributed by atoms with Gasteiger partial charge in [0.1, 0.15) is 0 Å². The first-order valence-corrected chi connectivity index (χ1v) is 4.18. The van der Waals surface area contributed by atoms with E-state index < -0.39 is 6.23 Å². The fourth-order valence-corrected chi connectivity index (χ4v) is 1.73. The Morgan fingerprint density at radius 1 is 1.38 bits per heavy atom. The molecular formula is C10H8N2O. The van der Waals surface area contributed by atoms with Crippen LogP contribution in [0.25, 0.3) is 17.1 Å². The molecule has 0 amide bonds. The van der Waals surface area contributed by atoms with Crippen molar-refractivity contribution in [2.45, 2.75) is 6.23 Å². The summed E-state index contributed by atoms with van der Waals surface area (Å²) in [6, 6.07) is 5.93. The molecule has 1 aromatic carbocycles. The molecule has 0 bridgehead atoms. The second-order valence-electron chi connectivity index (χ2n) is 3.14. The number of imidazole rings is 1. The zero-order valence-corrected chi connectivity index (χ0v) is 6.88. The van der Waals surface area contributed by atoms with Gasteiger partial charge in [-0.15, -0.1) is 0 Å². The second-order valence-corrected chi connectivity index (χ2v) is 3.14. The highest BCUT2D eigenvalue weighted by Gasteiger charge is 2.14. The van der Waals surface area contributed by atoms with Crippen molar-refractivity contribution in [3.63, 3.8) is 0 Å². The van der Waals surface area contributed by atoms with Gasteiger partial charge in [-0.2, -0.15) is 0 Å². The first-order chi connectivity index (χ1) is 6.36. The lowest BCUT2D eigenvalue weighted by atomic mass is 10.1.